The Labute approximate surface area is 174 Å². The summed E-state index contributed by atoms with van der Waals surface area (Å²) in [6.45, 7) is 4.58. The molecule has 8 heteroatoms. The molecule has 0 aliphatic heterocycles. The van der Waals surface area contributed by atoms with Crippen LogP contribution in [0, 0.1) is 41.9 Å². The van der Waals surface area contributed by atoms with Crippen molar-refractivity contribution in [1.29, 1.82) is 10.5 Å². The van der Waals surface area contributed by atoms with E-state index in [2.05, 4.69) is 26.5 Å². The van der Waals surface area contributed by atoms with Gasteiger partial charge in [0.05, 0.1) is 35.1 Å². The van der Waals surface area contributed by atoms with E-state index in [9.17, 15) is 5.26 Å². The third kappa shape index (κ3) is 4.08. The third-order valence-corrected chi connectivity index (χ3v) is 5.14. The highest BCUT2D eigenvalue weighted by atomic mass is 16.5. The molecule has 150 valence electrons. The molecule has 0 unspecified atom stereocenters. The molecule has 1 aromatic carbocycles. The first kappa shape index (κ1) is 19.4. The van der Waals surface area contributed by atoms with Gasteiger partial charge in [-0.05, 0) is 56.0 Å². The van der Waals surface area contributed by atoms with E-state index < -0.39 is 0 Å². The van der Waals surface area contributed by atoms with Crippen LogP contribution in [0.2, 0.25) is 0 Å². The Balaban J connectivity index is 1.53. The standard InChI is InChI=1S/C22H21N7O/c1-15-9-17(3-4-19(15)30-14-22(13-24)5-6-22)20-16(2)10-25-21(28-20)27-18-11-26-29(12-18)8-7-23/h3-4,9-12H,5-6,8,14H2,1-2H3,(H,25,27,28). The van der Waals surface area contributed by atoms with E-state index >= 15 is 0 Å². The Morgan fingerprint density at radius 1 is 1.20 bits per heavy atom. The van der Waals surface area contributed by atoms with Crippen molar-refractivity contribution in [3.8, 4) is 29.1 Å². The van der Waals surface area contributed by atoms with Gasteiger partial charge < -0.3 is 10.1 Å². The Hall–Kier alpha value is -3.91. The summed E-state index contributed by atoms with van der Waals surface area (Å²) < 4.78 is 7.44. The first-order valence-corrected chi connectivity index (χ1v) is 9.67. The van der Waals surface area contributed by atoms with Crippen LogP contribution in [0.5, 0.6) is 5.75 Å². The number of aryl methyl sites for hydroxylation is 2. The average Bonchev–Trinajstić information content (AvgIpc) is 3.40. The number of nitrogens with one attached hydrogen (secondary N) is 1. The van der Waals surface area contributed by atoms with Crippen molar-refractivity contribution < 1.29 is 4.74 Å². The summed E-state index contributed by atoms with van der Waals surface area (Å²) in [4.78, 5) is 9.01. The predicted molar refractivity (Wildman–Crippen MR) is 111 cm³/mol. The minimum absolute atomic E-state index is 0.185. The SMILES string of the molecule is Cc1cc(-c2nc(Nc3cnn(CC#N)c3)ncc2C)ccc1OCC1(C#N)CC1. The number of nitriles is 2. The molecule has 0 atom stereocenters. The summed E-state index contributed by atoms with van der Waals surface area (Å²) in [7, 11) is 0. The Morgan fingerprint density at radius 3 is 2.73 bits per heavy atom. The zero-order valence-electron chi connectivity index (χ0n) is 16.9. The van der Waals surface area contributed by atoms with Crippen molar-refractivity contribution in [2.75, 3.05) is 11.9 Å². The van der Waals surface area contributed by atoms with Gasteiger partial charge in [-0.15, -0.1) is 0 Å². The van der Waals surface area contributed by atoms with Gasteiger partial charge in [-0.2, -0.15) is 15.6 Å². The molecule has 4 rings (SSSR count). The van der Waals surface area contributed by atoms with Crippen LogP contribution in [0.15, 0.2) is 36.8 Å². The van der Waals surface area contributed by atoms with Crippen LogP contribution in [0.3, 0.4) is 0 Å². The lowest BCUT2D eigenvalue weighted by molar-refractivity contribution is 0.267. The van der Waals surface area contributed by atoms with Gasteiger partial charge in [0, 0.05) is 18.0 Å². The average molecular weight is 399 g/mol. The third-order valence-electron chi connectivity index (χ3n) is 5.14. The summed E-state index contributed by atoms with van der Waals surface area (Å²) in [6, 6.07) is 10.3. The van der Waals surface area contributed by atoms with Crippen LogP contribution >= 0.6 is 0 Å². The monoisotopic (exact) mass is 399 g/mol. The van der Waals surface area contributed by atoms with Gasteiger partial charge in [0.1, 0.15) is 18.9 Å². The molecule has 30 heavy (non-hydrogen) atoms. The topological polar surface area (TPSA) is 112 Å². The molecule has 1 aliphatic rings. The highest BCUT2D eigenvalue weighted by molar-refractivity contribution is 5.66. The van der Waals surface area contributed by atoms with Gasteiger partial charge in [-0.1, -0.05) is 0 Å². The van der Waals surface area contributed by atoms with Gasteiger partial charge in [0.2, 0.25) is 5.95 Å². The van der Waals surface area contributed by atoms with Crippen LogP contribution in [-0.2, 0) is 6.54 Å². The largest absolute Gasteiger partial charge is 0.492 e. The second-order valence-corrected chi connectivity index (χ2v) is 7.60. The molecule has 0 bridgehead atoms. The van der Waals surface area contributed by atoms with E-state index in [1.807, 2.05) is 38.1 Å². The smallest absolute Gasteiger partial charge is 0.227 e. The molecular weight excluding hydrogens is 378 g/mol. The summed E-state index contributed by atoms with van der Waals surface area (Å²) in [5.74, 6) is 1.24. The van der Waals surface area contributed by atoms with E-state index in [-0.39, 0.29) is 12.0 Å². The van der Waals surface area contributed by atoms with Crippen LogP contribution < -0.4 is 10.1 Å². The lowest BCUT2D eigenvalue weighted by Crippen LogP contribution is -2.11. The van der Waals surface area contributed by atoms with E-state index in [1.165, 1.54) is 4.68 Å². The molecule has 0 spiro atoms. The number of hydrogen-bond acceptors (Lipinski definition) is 7. The van der Waals surface area contributed by atoms with Crippen LogP contribution in [0.4, 0.5) is 11.6 Å². The summed E-state index contributed by atoms with van der Waals surface area (Å²) in [5.41, 5.74) is 4.15. The number of aromatic nitrogens is 4. The maximum Gasteiger partial charge on any atom is 0.227 e. The lowest BCUT2D eigenvalue weighted by Gasteiger charge is -2.14. The molecule has 2 aromatic heterocycles. The number of anilines is 2. The van der Waals surface area contributed by atoms with Crippen LogP contribution in [-0.4, -0.2) is 26.4 Å². The molecule has 8 nitrogen and oxygen atoms in total. The summed E-state index contributed by atoms with van der Waals surface area (Å²) in [5, 5.41) is 25.2. The molecular formula is C22H21N7O. The first-order valence-electron chi connectivity index (χ1n) is 9.67. The van der Waals surface area contributed by atoms with Crippen molar-refractivity contribution in [3.63, 3.8) is 0 Å². The molecule has 0 saturated heterocycles. The summed E-state index contributed by atoms with van der Waals surface area (Å²) >= 11 is 0. The zero-order valence-corrected chi connectivity index (χ0v) is 16.9. The second-order valence-electron chi connectivity index (χ2n) is 7.60. The maximum atomic E-state index is 9.22. The zero-order chi connectivity index (χ0) is 21.1. The van der Waals surface area contributed by atoms with Crippen molar-refractivity contribution in [1.82, 2.24) is 19.7 Å². The molecule has 1 aliphatic carbocycles. The normalized spacial score (nSPS) is 13.9. The highest BCUT2D eigenvalue weighted by Gasteiger charge is 2.44. The molecule has 2 heterocycles. The molecule has 1 saturated carbocycles. The van der Waals surface area contributed by atoms with Crippen molar-refractivity contribution in [2.45, 2.75) is 33.2 Å². The van der Waals surface area contributed by atoms with E-state index in [1.54, 1.807) is 18.6 Å². The highest BCUT2D eigenvalue weighted by Crippen LogP contribution is 2.45. The van der Waals surface area contributed by atoms with Gasteiger partial charge in [-0.25, -0.2) is 9.97 Å². The molecule has 1 fully saturated rings. The first-order chi connectivity index (χ1) is 14.5. The molecule has 0 radical (unpaired) electrons. The van der Waals surface area contributed by atoms with Gasteiger partial charge in [0.25, 0.3) is 0 Å². The van der Waals surface area contributed by atoms with E-state index in [0.29, 0.717) is 18.2 Å². The van der Waals surface area contributed by atoms with E-state index in [0.717, 1.165) is 41.0 Å². The number of ether oxygens (including phenoxy) is 1. The van der Waals surface area contributed by atoms with Gasteiger partial charge in [0.15, 0.2) is 0 Å². The van der Waals surface area contributed by atoms with Crippen molar-refractivity contribution in [3.05, 3.63) is 47.9 Å². The number of hydrogen-bond donors (Lipinski definition) is 1. The quantitative estimate of drug-likeness (QED) is 0.641. The molecule has 1 N–H and O–H groups in total. The fourth-order valence-corrected chi connectivity index (χ4v) is 3.12. The van der Waals surface area contributed by atoms with Crippen molar-refractivity contribution >= 4 is 11.6 Å². The van der Waals surface area contributed by atoms with Crippen LogP contribution in [0.25, 0.3) is 11.3 Å². The van der Waals surface area contributed by atoms with Crippen molar-refractivity contribution in [2.24, 2.45) is 5.41 Å². The minimum atomic E-state index is -0.296. The second kappa shape index (κ2) is 7.84. The minimum Gasteiger partial charge on any atom is -0.492 e. The number of benzene rings is 1. The Morgan fingerprint density at radius 2 is 2.03 bits per heavy atom. The number of rotatable bonds is 7. The fourth-order valence-electron chi connectivity index (χ4n) is 3.12. The lowest BCUT2D eigenvalue weighted by atomic mass is 10.0. The number of nitrogens with zero attached hydrogens (tertiary/aromatic N) is 6. The predicted octanol–water partition coefficient (Wildman–Crippen LogP) is 3.91. The molecule has 3 aromatic rings. The fraction of sp³-hybridized carbons (Fsp3) is 0.318. The van der Waals surface area contributed by atoms with Gasteiger partial charge >= 0.3 is 0 Å². The van der Waals surface area contributed by atoms with E-state index in [4.69, 9.17) is 10.00 Å². The Bertz CT molecular complexity index is 1160. The maximum absolute atomic E-state index is 9.22. The van der Waals surface area contributed by atoms with Crippen LogP contribution in [0.1, 0.15) is 24.0 Å². The van der Waals surface area contributed by atoms with Gasteiger partial charge in [-0.3, -0.25) is 4.68 Å². The molecule has 0 amide bonds. The Kier molecular flexibility index (Phi) is 5.07. The summed E-state index contributed by atoms with van der Waals surface area (Å²) in [6.07, 6.45) is 6.95.